The van der Waals surface area contributed by atoms with Gasteiger partial charge in [0.25, 0.3) is 0 Å². The maximum Gasteiger partial charge on any atom is 0.240 e. The van der Waals surface area contributed by atoms with E-state index in [1.807, 2.05) is 13.8 Å². The lowest BCUT2D eigenvalue weighted by atomic mass is 9.86. The van der Waals surface area contributed by atoms with Crippen LogP contribution in [0.25, 0.3) is 0 Å². The van der Waals surface area contributed by atoms with E-state index in [1.54, 1.807) is 0 Å². The Morgan fingerprint density at radius 2 is 1.97 bits per heavy atom. The van der Waals surface area contributed by atoms with Gasteiger partial charge in [0.1, 0.15) is 6.10 Å². The van der Waals surface area contributed by atoms with Crippen molar-refractivity contribution in [3.8, 4) is 0 Å². The summed E-state index contributed by atoms with van der Waals surface area (Å²) < 4.78 is 10.9. The van der Waals surface area contributed by atoms with Gasteiger partial charge < -0.3 is 14.6 Å². The highest BCUT2D eigenvalue weighted by atomic mass is 16.5. The number of nitrogens with one attached hydrogen (secondary N) is 1. The molecular formula is C21H37N5O3. The van der Waals surface area contributed by atoms with Crippen molar-refractivity contribution in [2.75, 3.05) is 39.3 Å². The number of carbonyl (C=O) groups is 1. The van der Waals surface area contributed by atoms with Crippen LogP contribution in [0.2, 0.25) is 0 Å². The molecule has 2 fully saturated rings. The molecule has 0 spiro atoms. The van der Waals surface area contributed by atoms with E-state index in [0.717, 1.165) is 39.0 Å². The fourth-order valence-electron chi connectivity index (χ4n) is 4.34. The van der Waals surface area contributed by atoms with Gasteiger partial charge in [0.15, 0.2) is 5.82 Å². The molecule has 1 saturated heterocycles. The van der Waals surface area contributed by atoms with Crippen molar-refractivity contribution in [2.24, 2.45) is 5.92 Å². The smallest absolute Gasteiger partial charge is 0.240 e. The average Bonchev–Trinajstić information content (AvgIpc) is 3.05. The summed E-state index contributed by atoms with van der Waals surface area (Å²) in [6.45, 7) is 11.6. The Morgan fingerprint density at radius 1 is 1.21 bits per heavy atom. The van der Waals surface area contributed by atoms with Gasteiger partial charge in [0.05, 0.1) is 13.1 Å². The number of nitrogens with zero attached hydrogens (tertiary/aromatic N) is 4. The molecular weight excluding hydrogens is 370 g/mol. The van der Waals surface area contributed by atoms with Crippen LogP contribution in [-0.4, -0.2) is 71.2 Å². The van der Waals surface area contributed by atoms with Crippen molar-refractivity contribution < 1.29 is 14.1 Å². The summed E-state index contributed by atoms with van der Waals surface area (Å²) in [7, 11) is 0. The topological polar surface area (TPSA) is 83.7 Å². The van der Waals surface area contributed by atoms with Crippen LogP contribution in [-0.2, 0) is 16.1 Å². The number of ether oxygens (including phenoxy) is 1. The molecule has 0 radical (unpaired) electrons. The monoisotopic (exact) mass is 407 g/mol. The van der Waals surface area contributed by atoms with E-state index in [0.29, 0.717) is 43.4 Å². The molecule has 1 aliphatic carbocycles. The van der Waals surface area contributed by atoms with E-state index >= 15 is 0 Å². The minimum Gasteiger partial charge on any atom is -0.371 e. The van der Waals surface area contributed by atoms with Gasteiger partial charge >= 0.3 is 0 Å². The van der Waals surface area contributed by atoms with Crippen LogP contribution in [0.15, 0.2) is 4.52 Å². The molecule has 1 aliphatic heterocycles. The minimum atomic E-state index is -0.150. The molecule has 1 aromatic rings. The summed E-state index contributed by atoms with van der Waals surface area (Å²) in [5.74, 6) is 2.00. The van der Waals surface area contributed by atoms with Crippen molar-refractivity contribution in [3.63, 3.8) is 0 Å². The third-order valence-electron chi connectivity index (χ3n) is 6.13. The molecule has 164 valence electrons. The van der Waals surface area contributed by atoms with Crippen molar-refractivity contribution in [2.45, 2.75) is 71.6 Å². The molecule has 2 aliphatic rings. The molecule has 1 N–H and O–H groups in total. The Hall–Kier alpha value is -1.51. The van der Waals surface area contributed by atoms with E-state index in [2.05, 4.69) is 32.2 Å². The van der Waals surface area contributed by atoms with Crippen LogP contribution in [0.5, 0.6) is 0 Å². The Balaban J connectivity index is 1.42. The van der Waals surface area contributed by atoms with Crippen LogP contribution in [0, 0.1) is 5.92 Å². The Labute approximate surface area is 174 Å². The van der Waals surface area contributed by atoms with Crippen molar-refractivity contribution in [1.29, 1.82) is 0 Å². The van der Waals surface area contributed by atoms with Gasteiger partial charge in [0.2, 0.25) is 11.8 Å². The van der Waals surface area contributed by atoms with Gasteiger partial charge in [-0.05, 0) is 52.1 Å². The average molecular weight is 408 g/mol. The zero-order chi connectivity index (χ0) is 20.6. The van der Waals surface area contributed by atoms with E-state index < -0.39 is 0 Å². The summed E-state index contributed by atoms with van der Waals surface area (Å²) in [4.78, 5) is 21.6. The minimum absolute atomic E-state index is 0.150. The lowest BCUT2D eigenvalue weighted by Gasteiger charge is -2.30. The van der Waals surface area contributed by atoms with Gasteiger partial charge in [-0.3, -0.25) is 14.6 Å². The predicted molar refractivity (Wildman–Crippen MR) is 110 cm³/mol. The van der Waals surface area contributed by atoms with Crippen molar-refractivity contribution >= 4 is 5.91 Å². The third-order valence-corrected chi connectivity index (χ3v) is 6.13. The van der Waals surface area contributed by atoms with Crippen molar-refractivity contribution in [3.05, 3.63) is 11.7 Å². The van der Waals surface area contributed by atoms with Crippen LogP contribution in [0.4, 0.5) is 0 Å². The highest BCUT2D eigenvalue weighted by Gasteiger charge is 2.24. The summed E-state index contributed by atoms with van der Waals surface area (Å²) in [5, 5.41) is 7.31. The van der Waals surface area contributed by atoms with E-state index in [4.69, 9.17) is 9.26 Å². The third kappa shape index (κ3) is 6.76. The largest absolute Gasteiger partial charge is 0.371 e. The molecule has 1 aromatic heterocycles. The quantitative estimate of drug-likeness (QED) is 0.708. The molecule has 0 aromatic carbocycles. The van der Waals surface area contributed by atoms with E-state index in [-0.39, 0.29) is 12.0 Å². The molecule has 8 heteroatoms. The first-order valence-electron chi connectivity index (χ1n) is 11.2. The highest BCUT2D eigenvalue weighted by Crippen LogP contribution is 2.23. The second-order valence-electron chi connectivity index (χ2n) is 8.49. The van der Waals surface area contributed by atoms with E-state index in [1.165, 1.54) is 19.3 Å². The second kappa shape index (κ2) is 11.0. The first-order chi connectivity index (χ1) is 14.0. The fraction of sp³-hybridized carbons (Fsp3) is 0.857. The number of aromatic nitrogens is 2. The molecule has 1 amide bonds. The second-order valence-corrected chi connectivity index (χ2v) is 8.49. The number of hydrogen-bond acceptors (Lipinski definition) is 7. The lowest BCUT2D eigenvalue weighted by Crippen LogP contribution is -2.46. The fourth-order valence-corrected chi connectivity index (χ4v) is 4.34. The van der Waals surface area contributed by atoms with Crippen LogP contribution >= 0.6 is 0 Å². The summed E-state index contributed by atoms with van der Waals surface area (Å²) >= 11 is 0. The lowest BCUT2D eigenvalue weighted by molar-refractivity contribution is -0.123. The first-order valence-corrected chi connectivity index (χ1v) is 11.2. The Morgan fingerprint density at radius 3 is 2.76 bits per heavy atom. The highest BCUT2D eigenvalue weighted by molar-refractivity contribution is 5.78. The molecule has 1 saturated carbocycles. The number of hydrogen-bond donors (Lipinski definition) is 1. The first kappa shape index (κ1) is 22.2. The Bertz CT molecular complexity index is 638. The van der Waals surface area contributed by atoms with Crippen molar-refractivity contribution in [1.82, 2.24) is 25.3 Å². The van der Waals surface area contributed by atoms with E-state index in [9.17, 15) is 4.79 Å². The molecule has 3 rings (SSSR count). The maximum atomic E-state index is 12.5. The Kier molecular flexibility index (Phi) is 8.44. The number of amides is 1. The van der Waals surface area contributed by atoms with Crippen LogP contribution < -0.4 is 5.32 Å². The predicted octanol–water partition coefficient (Wildman–Crippen LogP) is 2.37. The summed E-state index contributed by atoms with van der Waals surface area (Å²) in [6.07, 6.45) is 5.75. The molecule has 0 unspecified atom stereocenters. The normalized spacial score (nSPS) is 25.5. The van der Waals surface area contributed by atoms with Gasteiger partial charge in [-0.15, -0.1) is 0 Å². The van der Waals surface area contributed by atoms with Crippen LogP contribution in [0.1, 0.15) is 70.7 Å². The zero-order valence-electron chi connectivity index (χ0n) is 18.2. The van der Waals surface area contributed by atoms with Gasteiger partial charge in [-0.2, -0.15) is 4.98 Å². The molecule has 3 atom stereocenters. The van der Waals surface area contributed by atoms with Gasteiger partial charge in [0, 0.05) is 25.7 Å². The molecule has 2 heterocycles. The van der Waals surface area contributed by atoms with Crippen LogP contribution in [0.3, 0.4) is 0 Å². The zero-order valence-corrected chi connectivity index (χ0v) is 18.2. The summed E-state index contributed by atoms with van der Waals surface area (Å²) in [6, 6.07) is 0.352. The number of carbonyl (C=O) groups excluding carboxylic acids is 1. The molecule has 0 bridgehead atoms. The maximum absolute atomic E-state index is 12.5. The van der Waals surface area contributed by atoms with Gasteiger partial charge in [-0.25, -0.2) is 0 Å². The van der Waals surface area contributed by atoms with Gasteiger partial charge in [-0.1, -0.05) is 24.9 Å². The summed E-state index contributed by atoms with van der Waals surface area (Å²) in [5.41, 5.74) is 0. The number of rotatable bonds is 8. The standard InChI is InChI=1S/C21H37N5O3/c1-4-28-17(3)21-23-20(29-24-21)15-26-11-7-10-25(12-13-26)14-19(27)22-18-9-6-5-8-16(18)2/h16-18H,4-15H2,1-3H3,(H,22,27)/t16-,17-,18+/m1/s1. The molecule has 8 nitrogen and oxygen atoms in total. The molecule has 29 heavy (non-hydrogen) atoms. The SMILES string of the molecule is CCO[C@H](C)c1noc(CN2CCCN(CC(=O)N[C@H]3CCCC[C@H]3C)CC2)n1.